The number of rotatable bonds is 5. The van der Waals surface area contributed by atoms with E-state index in [0.717, 1.165) is 43.6 Å². The van der Waals surface area contributed by atoms with Gasteiger partial charge in [0.15, 0.2) is 11.5 Å². The van der Waals surface area contributed by atoms with Gasteiger partial charge in [0.05, 0.1) is 12.6 Å². The molecule has 0 spiro atoms. The van der Waals surface area contributed by atoms with Crippen molar-refractivity contribution in [2.24, 2.45) is 0 Å². The van der Waals surface area contributed by atoms with Gasteiger partial charge in [-0.25, -0.2) is 14.5 Å². The van der Waals surface area contributed by atoms with Gasteiger partial charge < -0.3 is 9.47 Å². The Bertz CT molecular complexity index is 1350. The van der Waals surface area contributed by atoms with Gasteiger partial charge in [0, 0.05) is 21.0 Å². The van der Waals surface area contributed by atoms with Crippen molar-refractivity contribution in [3.05, 3.63) is 83.1 Å². The van der Waals surface area contributed by atoms with Gasteiger partial charge in [-0.3, -0.25) is 0 Å². The molecular formula is C23H17BrN4O2. The maximum atomic E-state index is 5.94. The third-order valence-electron chi connectivity index (χ3n) is 4.83. The Labute approximate surface area is 181 Å². The van der Waals surface area contributed by atoms with Crippen LogP contribution >= 0.6 is 15.9 Å². The van der Waals surface area contributed by atoms with Gasteiger partial charge in [-0.2, -0.15) is 0 Å². The average molecular weight is 461 g/mol. The molecule has 7 heteroatoms. The van der Waals surface area contributed by atoms with Gasteiger partial charge in [-0.1, -0.05) is 28.1 Å². The third-order valence-corrected chi connectivity index (χ3v) is 5.36. The second-order valence-electron chi connectivity index (χ2n) is 6.73. The predicted octanol–water partition coefficient (Wildman–Crippen LogP) is 5.29. The van der Waals surface area contributed by atoms with Crippen LogP contribution in [0.2, 0.25) is 0 Å². The van der Waals surface area contributed by atoms with Gasteiger partial charge in [0.25, 0.3) is 0 Å². The lowest BCUT2D eigenvalue weighted by Gasteiger charge is -2.11. The minimum absolute atomic E-state index is 0.372. The van der Waals surface area contributed by atoms with E-state index in [1.54, 1.807) is 18.0 Å². The molecule has 0 saturated heterocycles. The highest BCUT2D eigenvalue weighted by Crippen LogP contribution is 2.28. The Morgan fingerprint density at radius 1 is 1.00 bits per heavy atom. The Balaban J connectivity index is 1.50. The Kier molecular flexibility index (Phi) is 4.80. The molecule has 5 aromatic rings. The molecule has 5 rings (SSSR count). The second-order valence-corrected chi connectivity index (χ2v) is 7.65. The fourth-order valence-electron chi connectivity index (χ4n) is 3.32. The summed E-state index contributed by atoms with van der Waals surface area (Å²) in [6, 6.07) is 21.5. The van der Waals surface area contributed by atoms with Crippen molar-refractivity contribution >= 4 is 32.5 Å². The van der Waals surface area contributed by atoms with E-state index >= 15 is 0 Å². The van der Waals surface area contributed by atoms with Gasteiger partial charge in [-0.05, 0) is 54.6 Å². The monoisotopic (exact) mass is 460 g/mol. The predicted molar refractivity (Wildman–Crippen MR) is 119 cm³/mol. The van der Waals surface area contributed by atoms with Crippen LogP contribution in [-0.4, -0.2) is 26.7 Å². The van der Waals surface area contributed by atoms with E-state index in [1.807, 2.05) is 66.7 Å². The number of halogens is 1. The zero-order chi connectivity index (χ0) is 20.5. The summed E-state index contributed by atoms with van der Waals surface area (Å²) in [7, 11) is 1.65. The summed E-state index contributed by atoms with van der Waals surface area (Å²) < 4.78 is 14.2. The van der Waals surface area contributed by atoms with E-state index in [-0.39, 0.29) is 0 Å². The number of fused-ring (bicyclic) bond motifs is 3. The van der Waals surface area contributed by atoms with E-state index in [9.17, 15) is 0 Å². The van der Waals surface area contributed by atoms with Gasteiger partial charge in [0.2, 0.25) is 0 Å². The van der Waals surface area contributed by atoms with Crippen LogP contribution in [0.25, 0.3) is 27.9 Å². The van der Waals surface area contributed by atoms with Gasteiger partial charge in [0.1, 0.15) is 24.4 Å². The summed E-state index contributed by atoms with van der Waals surface area (Å²) in [5.41, 5.74) is 3.47. The fourth-order valence-corrected chi connectivity index (χ4v) is 3.59. The smallest absolute Gasteiger partial charge is 0.182 e. The molecule has 2 heterocycles. The molecule has 2 aromatic heterocycles. The molecule has 0 radical (unpaired) electrons. The molecule has 0 unspecified atom stereocenters. The minimum atomic E-state index is 0.372. The van der Waals surface area contributed by atoms with Crippen LogP contribution in [0, 0.1) is 0 Å². The first kappa shape index (κ1) is 18.6. The number of ether oxygens (including phenoxy) is 2. The van der Waals surface area contributed by atoms with Crippen molar-refractivity contribution in [3.8, 4) is 22.9 Å². The topological polar surface area (TPSA) is 61.5 Å². The van der Waals surface area contributed by atoms with Crippen LogP contribution in [0.15, 0.2) is 77.5 Å². The summed E-state index contributed by atoms with van der Waals surface area (Å²) in [5.74, 6) is 2.17. The molecular weight excluding hydrogens is 444 g/mol. The summed E-state index contributed by atoms with van der Waals surface area (Å²) in [6.07, 6.45) is 1.69. The lowest BCUT2D eigenvalue weighted by Crippen LogP contribution is -1.99. The first-order valence-corrected chi connectivity index (χ1v) is 10.2. The quantitative estimate of drug-likeness (QED) is 0.356. The molecule has 0 amide bonds. The van der Waals surface area contributed by atoms with Crippen LogP contribution < -0.4 is 9.47 Å². The van der Waals surface area contributed by atoms with Gasteiger partial charge in [-0.15, -0.1) is 5.10 Å². The van der Waals surface area contributed by atoms with E-state index < -0.39 is 0 Å². The largest absolute Gasteiger partial charge is 0.496 e. The summed E-state index contributed by atoms with van der Waals surface area (Å²) in [6.45, 7) is 0.372. The van der Waals surface area contributed by atoms with Crippen LogP contribution in [0.4, 0.5) is 0 Å². The zero-order valence-corrected chi connectivity index (χ0v) is 17.7. The molecule has 0 fully saturated rings. The highest BCUT2D eigenvalue weighted by atomic mass is 79.9. The van der Waals surface area contributed by atoms with Crippen LogP contribution in [0.5, 0.6) is 11.5 Å². The van der Waals surface area contributed by atoms with Crippen LogP contribution in [0.3, 0.4) is 0 Å². The molecule has 30 heavy (non-hydrogen) atoms. The molecule has 0 atom stereocenters. The Hall–Kier alpha value is -3.45. The lowest BCUT2D eigenvalue weighted by molar-refractivity contribution is 0.296. The van der Waals surface area contributed by atoms with E-state index in [2.05, 4.69) is 26.0 Å². The molecule has 0 aliphatic carbocycles. The third kappa shape index (κ3) is 3.48. The lowest BCUT2D eigenvalue weighted by atomic mass is 10.1. The molecule has 6 nitrogen and oxygen atoms in total. The number of hydrogen-bond donors (Lipinski definition) is 0. The van der Waals surface area contributed by atoms with Crippen LogP contribution in [0.1, 0.15) is 5.56 Å². The molecule has 3 aromatic carbocycles. The average Bonchev–Trinajstić information content (AvgIpc) is 3.23. The first-order valence-electron chi connectivity index (χ1n) is 9.37. The van der Waals surface area contributed by atoms with Crippen molar-refractivity contribution in [2.45, 2.75) is 6.61 Å². The molecule has 0 N–H and O–H groups in total. The first-order chi connectivity index (χ1) is 14.7. The Morgan fingerprint density at radius 3 is 2.67 bits per heavy atom. The summed E-state index contributed by atoms with van der Waals surface area (Å²) >= 11 is 3.43. The standard InChI is InChI=1S/C23H17BrN4O2/c1-29-21-11-6-15(12-16(21)13-30-18-9-7-17(24)8-10-18)22-26-23-19-4-2-3-5-20(19)25-14-28(23)27-22/h2-12,14H,13H2,1H3. The number of para-hydroxylation sites is 1. The fraction of sp³-hybridized carbons (Fsp3) is 0.0870. The van der Waals surface area contributed by atoms with Crippen molar-refractivity contribution in [2.75, 3.05) is 7.11 Å². The molecule has 0 aliphatic rings. The highest BCUT2D eigenvalue weighted by molar-refractivity contribution is 9.10. The number of hydrogen-bond acceptors (Lipinski definition) is 5. The number of aromatic nitrogens is 4. The number of benzene rings is 3. The molecule has 0 saturated carbocycles. The normalized spacial score (nSPS) is 11.1. The van der Waals surface area contributed by atoms with Gasteiger partial charge >= 0.3 is 0 Å². The highest BCUT2D eigenvalue weighted by Gasteiger charge is 2.13. The molecule has 0 aliphatic heterocycles. The SMILES string of the molecule is COc1ccc(-c2nc3c4ccccc4ncn3n2)cc1COc1ccc(Br)cc1. The molecule has 148 valence electrons. The van der Waals surface area contributed by atoms with Crippen molar-refractivity contribution in [1.82, 2.24) is 19.6 Å². The maximum absolute atomic E-state index is 5.94. The maximum Gasteiger partial charge on any atom is 0.182 e. The van der Waals surface area contributed by atoms with Crippen molar-refractivity contribution < 1.29 is 9.47 Å². The Morgan fingerprint density at radius 2 is 1.83 bits per heavy atom. The van der Waals surface area contributed by atoms with Crippen molar-refractivity contribution in [1.29, 1.82) is 0 Å². The summed E-state index contributed by atoms with van der Waals surface area (Å²) in [5, 5.41) is 5.58. The number of methoxy groups -OCH3 is 1. The second kappa shape index (κ2) is 7.76. The van der Waals surface area contributed by atoms with E-state index in [1.165, 1.54) is 0 Å². The van der Waals surface area contributed by atoms with Crippen LogP contribution in [-0.2, 0) is 6.61 Å². The number of nitrogens with zero attached hydrogens (tertiary/aromatic N) is 4. The zero-order valence-electron chi connectivity index (χ0n) is 16.1. The summed E-state index contributed by atoms with van der Waals surface area (Å²) in [4.78, 5) is 9.21. The molecule has 0 bridgehead atoms. The van der Waals surface area contributed by atoms with E-state index in [4.69, 9.17) is 14.5 Å². The van der Waals surface area contributed by atoms with E-state index in [0.29, 0.717) is 12.4 Å². The van der Waals surface area contributed by atoms with Crippen molar-refractivity contribution in [3.63, 3.8) is 0 Å². The minimum Gasteiger partial charge on any atom is -0.496 e.